The Kier molecular flexibility index (Phi) is 6.81. The van der Waals surface area contributed by atoms with E-state index in [9.17, 15) is 5.26 Å². The van der Waals surface area contributed by atoms with Gasteiger partial charge in [0.25, 0.3) is 0 Å². The van der Waals surface area contributed by atoms with Crippen molar-refractivity contribution in [2.24, 2.45) is 0 Å². The van der Waals surface area contributed by atoms with E-state index in [1.54, 1.807) is 11.3 Å². The maximum absolute atomic E-state index is 9.79. The van der Waals surface area contributed by atoms with Gasteiger partial charge in [-0.25, -0.2) is 0 Å². The average molecular weight is 692 g/mol. The molecule has 0 aliphatic rings. The molecule has 6 heteroatoms. The Hall–Kier alpha value is -2.69. The molecule has 0 aliphatic heterocycles. The van der Waals surface area contributed by atoms with Crippen LogP contribution in [0.25, 0.3) is 42.1 Å². The number of nitriles is 1. The van der Waals surface area contributed by atoms with Gasteiger partial charge in [0.05, 0.1) is 13.6 Å². The zero-order valence-corrected chi connectivity index (χ0v) is 24.9. The van der Waals surface area contributed by atoms with Gasteiger partial charge in [-0.15, -0.1) is 11.3 Å². The number of benzene rings is 5. The van der Waals surface area contributed by atoms with Gasteiger partial charge >= 0.3 is 0 Å². The second-order valence-electron chi connectivity index (χ2n) is 8.73. The van der Waals surface area contributed by atoms with Crippen LogP contribution in [0.5, 0.6) is 5.75 Å². The molecule has 180 valence electrons. The molecule has 1 aromatic heterocycles. The number of hydrogen-bond acceptors (Lipinski definition) is 3. The molecule has 0 saturated carbocycles. The first-order valence-electron chi connectivity index (χ1n) is 11.7. The molecular formula is C31H18Br3NOS. The Morgan fingerprint density at radius 2 is 1.41 bits per heavy atom. The van der Waals surface area contributed by atoms with E-state index < -0.39 is 6.10 Å². The van der Waals surface area contributed by atoms with Gasteiger partial charge in [0.2, 0.25) is 0 Å². The van der Waals surface area contributed by atoms with Crippen molar-refractivity contribution in [3.05, 3.63) is 110 Å². The van der Waals surface area contributed by atoms with Crippen LogP contribution in [-0.4, -0.2) is 6.10 Å². The van der Waals surface area contributed by atoms with Crippen LogP contribution >= 0.6 is 59.1 Å². The standard InChI is InChI=1S/C31H18Br3NOS/c32-24-15-19(16-25(33)30(24)36-20(17-35)14-18-8-2-1-3-9-18)27-21-10-4-5-11-22(21)29(34)31-28(27)23-12-6-7-13-26(23)37-31/h1-13,15-16,20H,14H2/t20-/m1/s1. The zero-order chi connectivity index (χ0) is 25.5. The number of ether oxygens (including phenoxy) is 1. The van der Waals surface area contributed by atoms with Crippen LogP contribution in [0, 0.1) is 11.3 Å². The van der Waals surface area contributed by atoms with E-state index in [1.807, 2.05) is 30.3 Å². The summed E-state index contributed by atoms with van der Waals surface area (Å²) in [4.78, 5) is 0. The third kappa shape index (κ3) is 4.49. The van der Waals surface area contributed by atoms with Crippen LogP contribution in [0.15, 0.2) is 104 Å². The Labute approximate surface area is 243 Å². The van der Waals surface area contributed by atoms with Crippen molar-refractivity contribution >= 4 is 90.1 Å². The van der Waals surface area contributed by atoms with Gasteiger partial charge in [-0.3, -0.25) is 0 Å². The van der Waals surface area contributed by atoms with Gasteiger partial charge in [-0.1, -0.05) is 72.8 Å². The minimum Gasteiger partial charge on any atom is -0.473 e. The third-order valence-electron chi connectivity index (χ3n) is 6.43. The molecule has 6 aromatic rings. The molecule has 5 aromatic carbocycles. The predicted molar refractivity (Wildman–Crippen MR) is 166 cm³/mol. The van der Waals surface area contributed by atoms with Gasteiger partial charge < -0.3 is 4.74 Å². The molecule has 0 fully saturated rings. The summed E-state index contributed by atoms with van der Waals surface area (Å²) < 4.78 is 11.4. The van der Waals surface area contributed by atoms with Gasteiger partial charge in [0.1, 0.15) is 11.8 Å². The van der Waals surface area contributed by atoms with Crippen molar-refractivity contribution in [3.63, 3.8) is 0 Å². The Morgan fingerprint density at radius 1 is 0.784 bits per heavy atom. The van der Waals surface area contributed by atoms with Crippen LogP contribution in [0.4, 0.5) is 0 Å². The van der Waals surface area contributed by atoms with Crippen LogP contribution in [-0.2, 0) is 6.42 Å². The molecule has 0 N–H and O–H groups in total. The first-order valence-corrected chi connectivity index (χ1v) is 14.9. The molecule has 0 radical (unpaired) electrons. The van der Waals surface area contributed by atoms with Crippen molar-refractivity contribution in [3.8, 4) is 22.9 Å². The summed E-state index contributed by atoms with van der Waals surface area (Å²) in [6, 6.07) is 33.5. The zero-order valence-electron chi connectivity index (χ0n) is 19.3. The highest BCUT2D eigenvalue weighted by atomic mass is 79.9. The van der Waals surface area contributed by atoms with Crippen molar-refractivity contribution in [1.29, 1.82) is 5.26 Å². The summed E-state index contributed by atoms with van der Waals surface area (Å²) in [5, 5.41) is 14.6. The summed E-state index contributed by atoms with van der Waals surface area (Å²) in [6.07, 6.45) is -0.0986. The molecule has 0 bridgehead atoms. The highest BCUT2D eigenvalue weighted by Crippen LogP contribution is 2.50. The van der Waals surface area contributed by atoms with Crippen LogP contribution in [0.1, 0.15) is 5.56 Å². The largest absolute Gasteiger partial charge is 0.473 e. The minimum atomic E-state index is -0.609. The number of halogens is 3. The van der Waals surface area contributed by atoms with Crippen LogP contribution in [0.2, 0.25) is 0 Å². The molecule has 0 saturated heterocycles. The molecule has 6 rings (SSSR count). The van der Waals surface area contributed by atoms with E-state index >= 15 is 0 Å². The smallest absolute Gasteiger partial charge is 0.188 e. The van der Waals surface area contributed by atoms with E-state index in [2.05, 4.69) is 115 Å². The fourth-order valence-corrected chi connectivity index (χ4v) is 8.12. The maximum Gasteiger partial charge on any atom is 0.188 e. The van der Waals surface area contributed by atoms with E-state index in [0.29, 0.717) is 12.2 Å². The highest BCUT2D eigenvalue weighted by molar-refractivity contribution is 9.11. The highest BCUT2D eigenvalue weighted by Gasteiger charge is 2.21. The Balaban J connectivity index is 1.52. The van der Waals surface area contributed by atoms with E-state index in [1.165, 1.54) is 36.5 Å². The second-order valence-corrected chi connectivity index (χ2v) is 12.3. The van der Waals surface area contributed by atoms with Crippen LogP contribution in [0.3, 0.4) is 0 Å². The van der Waals surface area contributed by atoms with Crippen molar-refractivity contribution < 1.29 is 4.74 Å². The molecule has 37 heavy (non-hydrogen) atoms. The summed E-state index contributed by atoms with van der Waals surface area (Å²) in [5.74, 6) is 0.624. The van der Waals surface area contributed by atoms with Crippen molar-refractivity contribution in [1.82, 2.24) is 0 Å². The minimum absolute atomic E-state index is 0.511. The molecule has 0 spiro atoms. The molecule has 0 amide bonds. The fourth-order valence-electron chi connectivity index (χ4n) is 4.80. The lowest BCUT2D eigenvalue weighted by molar-refractivity contribution is 0.253. The van der Waals surface area contributed by atoms with Gasteiger partial charge in [0.15, 0.2) is 6.10 Å². The summed E-state index contributed by atoms with van der Waals surface area (Å²) >= 11 is 13.2. The number of rotatable bonds is 5. The molecule has 2 nitrogen and oxygen atoms in total. The first-order chi connectivity index (χ1) is 18.0. The van der Waals surface area contributed by atoms with Crippen LogP contribution < -0.4 is 4.74 Å². The third-order valence-corrected chi connectivity index (χ3v) is 9.89. The summed E-state index contributed by atoms with van der Waals surface area (Å²) in [5.41, 5.74) is 3.31. The topological polar surface area (TPSA) is 33.0 Å². The van der Waals surface area contributed by atoms with Gasteiger partial charge in [-0.05, 0) is 93.5 Å². The van der Waals surface area contributed by atoms with E-state index in [4.69, 9.17) is 4.74 Å². The van der Waals surface area contributed by atoms with Crippen molar-refractivity contribution in [2.45, 2.75) is 12.5 Å². The quantitative estimate of drug-likeness (QED) is 0.180. The molecular weight excluding hydrogens is 674 g/mol. The van der Waals surface area contributed by atoms with E-state index in [-0.39, 0.29) is 0 Å². The lowest BCUT2D eigenvalue weighted by Gasteiger charge is -2.18. The first kappa shape index (κ1) is 24.6. The molecule has 1 heterocycles. The van der Waals surface area contributed by atoms with E-state index in [0.717, 1.165) is 24.5 Å². The summed E-state index contributed by atoms with van der Waals surface area (Å²) in [6.45, 7) is 0. The normalized spacial score (nSPS) is 12.2. The van der Waals surface area contributed by atoms with Gasteiger partial charge in [-0.2, -0.15) is 5.26 Å². The predicted octanol–water partition coefficient (Wildman–Crippen LogP) is 10.7. The number of hydrogen-bond donors (Lipinski definition) is 0. The maximum atomic E-state index is 9.79. The molecule has 0 aliphatic carbocycles. The van der Waals surface area contributed by atoms with Gasteiger partial charge in [0, 0.05) is 26.4 Å². The SMILES string of the molecule is N#C[C@@H](Cc1ccccc1)Oc1c(Br)cc(-c2c3ccccc3c(Br)c3sc4ccccc4c23)cc1Br. The lowest BCUT2D eigenvalue weighted by atomic mass is 9.93. The lowest BCUT2D eigenvalue weighted by Crippen LogP contribution is -2.17. The molecule has 0 unspecified atom stereocenters. The average Bonchev–Trinajstić information content (AvgIpc) is 3.31. The Bertz CT molecular complexity index is 1820. The summed E-state index contributed by atoms with van der Waals surface area (Å²) in [7, 11) is 0. The fraction of sp³-hybridized carbons (Fsp3) is 0.0645. The molecule has 1 atom stereocenters. The monoisotopic (exact) mass is 689 g/mol. The van der Waals surface area contributed by atoms with Crippen molar-refractivity contribution in [2.75, 3.05) is 0 Å². The number of thiophene rings is 1. The Morgan fingerprint density at radius 3 is 2.11 bits per heavy atom. The number of nitrogens with zero attached hydrogens (tertiary/aromatic N) is 1. The number of fused-ring (bicyclic) bond motifs is 4. The second kappa shape index (κ2) is 10.2.